The van der Waals surface area contributed by atoms with Gasteiger partial charge >= 0.3 is 0 Å². The van der Waals surface area contributed by atoms with Gasteiger partial charge in [0.1, 0.15) is 0 Å². The second-order valence-electron chi connectivity index (χ2n) is 3.71. The first kappa shape index (κ1) is 18.0. The fraction of sp³-hybridized carbons (Fsp3) is 0.400. The van der Waals surface area contributed by atoms with Crippen LogP contribution in [0.4, 0.5) is 0 Å². The average Bonchev–Trinajstić information content (AvgIpc) is 2.25. The second-order valence-corrected chi connectivity index (χ2v) is 6.58. The zero-order chi connectivity index (χ0) is 13.2. The van der Waals surface area contributed by atoms with Gasteiger partial charge in [0.25, 0.3) is 0 Å². The van der Waals surface area contributed by atoms with E-state index in [4.69, 9.17) is 28.9 Å². The molecule has 18 heavy (non-hydrogen) atoms. The van der Waals surface area contributed by atoms with Crippen LogP contribution in [0.25, 0.3) is 0 Å². The highest BCUT2D eigenvalue weighted by Crippen LogP contribution is 2.24. The van der Waals surface area contributed by atoms with Crippen molar-refractivity contribution in [1.82, 2.24) is 4.31 Å². The van der Waals surface area contributed by atoms with Crippen molar-refractivity contribution in [3.05, 3.63) is 28.2 Å². The predicted molar refractivity (Wildman–Crippen MR) is 77.2 cm³/mol. The van der Waals surface area contributed by atoms with Gasteiger partial charge in [0.2, 0.25) is 10.0 Å². The fourth-order valence-electron chi connectivity index (χ4n) is 1.23. The molecule has 1 aromatic rings. The highest BCUT2D eigenvalue weighted by atomic mass is 35.5. The quantitative estimate of drug-likeness (QED) is 0.920. The van der Waals surface area contributed by atoms with Crippen LogP contribution in [0.3, 0.4) is 0 Å². The van der Waals surface area contributed by atoms with Crippen LogP contribution in [0, 0.1) is 0 Å². The summed E-state index contributed by atoms with van der Waals surface area (Å²) in [6.45, 7) is 1.97. The highest BCUT2D eigenvalue weighted by molar-refractivity contribution is 7.89. The number of nitrogens with zero attached hydrogens (tertiary/aromatic N) is 1. The SMILES string of the molecule is CC(CN)N(C)S(=O)(=O)c1cc(Cl)cc(Cl)c1.Cl. The van der Waals surface area contributed by atoms with Gasteiger partial charge in [0.05, 0.1) is 4.90 Å². The van der Waals surface area contributed by atoms with Gasteiger partial charge in [-0.05, 0) is 25.1 Å². The van der Waals surface area contributed by atoms with E-state index in [0.717, 1.165) is 0 Å². The Morgan fingerprint density at radius 2 is 1.72 bits per heavy atom. The van der Waals surface area contributed by atoms with Crippen molar-refractivity contribution in [3.8, 4) is 0 Å². The molecule has 0 aliphatic rings. The molecule has 0 aromatic heterocycles. The molecule has 0 saturated carbocycles. The Balaban J connectivity index is 0.00000289. The number of sulfonamides is 1. The standard InChI is InChI=1S/C10H14Cl2N2O2S.ClH/c1-7(6-13)14(2)17(15,16)10-4-8(11)3-9(12)5-10;/h3-5,7H,6,13H2,1-2H3;1H. The number of nitrogens with two attached hydrogens (primary N) is 1. The number of likely N-dealkylation sites (N-methyl/N-ethyl adjacent to an activating group) is 1. The molecule has 2 N–H and O–H groups in total. The zero-order valence-corrected chi connectivity index (χ0v) is 13.1. The molecular weight excluding hydrogens is 319 g/mol. The van der Waals surface area contributed by atoms with E-state index in [9.17, 15) is 8.42 Å². The van der Waals surface area contributed by atoms with Crippen LogP contribution in [0.15, 0.2) is 23.1 Å². The molecule has 0 radical (unpaired) electrons. The van der Waals surface area contributed by atoms with E-state index < -0.39 is 10.0 Å². The Labute approximate surface area is 124 Å². The Kier molecular flexibility index (Phi) is 6.92. The fourth-order valence-corrected chi connectivity index (χ4v) is 3.33. The summed E-state index contributed by atoms with van der Waals surface area (Å²) >= 11 is 11.6. The van der Waals surface area contributed by atoms with Crippen molar-refractivity contribution in [3.63, 3.8) is 0 Å². The minimum Gasteiger partial charge on any atom is -0.329 e. The minimum atomic E-state index is -3.61. The molecule has 1 atom stereocenters. The summed E-state index contributed by atoms with van der Waals surface area (Å²) in [4.78, 5) is 0.0674. The summed E-state index contributed by atoms with van der Waals surface area (Å²) in [6, 6.07) is 3.91. The first-order chi connectivity index (χ1) is 7.78. The molecule has 0 heterocycles. The second kappa shape index (κ2) is 6.93. The van der Waals surface area contributed by atoms with Gasteiger partial charge in [-0.3, -0.25) is 0 Å². The van der Waals surface area contributed by atoms with E-state index in [1.54, 1.807) is 6.92 Å². The van der Waals surface area contributed by atoms with Crippen molar-refractivity contribution < 1.29 is 8.42 Å². The van der Waals surface area contributed by atoms with Crippen molar-refractivity contribution in [2.45, 2.75) is 17.9 Å². The summed E-state index contributed by atoms with van der Waals surface area (Å²) in [5, 5.41) is 0.565. The monoisotopic (exact) mass is 332 g/mol. The molecule has 104 valence electrons. The summed E-state index contributed by atoms with van der Waals surface area (Å²) < 4.78 is 25.6. The van der Waals surface area contributed by atoms with E-state index in [0.29, 0.717) is 0 Å². The number of rotatable bonds is 4. The number of benzene rings is 1. The number of halogens is 3. The van der Waals surface area contributed by atoms with Crippen LogP contribution in [0.5, 0.6) is 0 Å². The van der Waals surface area contributed by atoms with E-state index in [1.165, 1.54) is 29.6 Å². The molecule has 8 heteroatoms. The van der Waals surface area contributed by atoms with Crippen molar-refractivity contribution >= 4 is 45.6 Å². The van der Waals surface area contributed by atoms with Gasteiger partial charge in [-0.1, -0.05) is 23.2 Å². The van der Waals surface area contributed by atoms with Gasteiger partial charge in [0.15, 0.2) is 0 Å². The van der Waals surface area contributed by atoms with Crippen LogP contribution >= 0.6 is 35.6 Å². The third-order valence-corrected chi connectivity index (χ3v) is 4.86. The molecule has 0 saturated heterocycles. The normalized spacial score (nSPS) is 13.2. The smallest absolute Gasteiger partial charge is 0.243 e. The molecule has 0 fully saturated rings. The Morgan fingerprint density at radius 3 is 2.11 bits per heavy atom. The summed E-state index contributed by atoms with van der Waals surface area (Å²) in [7, 11) is -2.14. The van der Waals surface area contributed by atoms with Crippen LogP contribution in [0.1, 0.15) is 6.92 Å². The Morgan fingerprint density at radius 1 is 1.28 bits per heavy atom. The molecule has 0 aliphatic carbocycles. The lowest BCUT2D eigenvalue weighted by Gasteiger charge is -2.23. The lowest BCUT2D eigenvalue weighted by molar-refractivity contribution is 0.394. The maximum Gasteiger partial charge on any atom is 0.243 e. The molecule has 0 spiro atoms. The van der Waals surface area contributed by atoms with Gasteiger partial charge in [-0.15, -0.1) is 12.4 Å². The minimum absolute atomic E-state index is 0. The third-order valence-electron chi connectivity index (χ3n) is 2.47. The van der Waals surface area contributed by atoms with E-state index in [-0.39, 0.29) is 39.9 Å². The maximum atomic E-state index is 12.2. The highest BCUT2D eigenvalue weighted by Gasteiger charge is 2.25. The first-order valence-corrected chi connectivity index (χ1v) is 7.13. The summed E-state index contributed by atoms with van der Waals surface area (Å²) in [6.07, 6.45) is 0. The zero-order valence-electron chi connectivity index (χ0n) is 9.93. The summed E-state index contributed by atoms with van der Waals surface area (Å²) in [5.74, 6) is 0. The maximum absolute atomic E-state index is 12.2. The number of hydrogen-bond donors (Lipinski definition) is 1. The van der Waals surface area contributed by atoms with Crippen LogP contribution in [0.2, 0.25) is 10.0 Å². The lowest BCUT2D eigenvalue weighted by Crippen LogP contribution is -2.39. The Hall–Kier alpha value is -0.0400. The number of hydrogen-bond acceptors (Lipinski definition) is 3. The Bertz CT molecular complexity index is 488. The van der Waals surface area contributed by atoms with E-state index >= 15 is 0 Å². The molecule has 0 amide bonds. The van der Waals surface area contributed by atoms with E-state index in [1.807, 2.05) is 0 Å². The molecular formula is C10H15Cl3N2O2S. The topological polar surface area (TPSA) is 63.4 Å². The molecule has 0 aliphatic heterocycles. The average molecular weight is 334 g/mol. The lowest BCUT2D eigenvalue weighted by atomic mass is 10.4. The van der Waals surface area contributed by atoms with Crippen molar-refractivity contribution in [2.24, 2.45) is 5.73 Å². The van der Waals surface area contributed by atoms with Gasteiger partial charge in [-0.25, -0.2) is 8.42 Å². The molecule has 1 unspecified atom stereocenters. The van der Waals surface area contributed by atoms with Crippen LogP contribution < -0.4 is 5.73 Å². The first-order valence-electron chi connectivity index (χ1n) is 4.93. The summed E-state index contributed by atoms with van der Waals surface area (Å²) in [5.41, 5.74) is 5.45. The van der Waals surface area contributed by atoms with Crippen molar-refractivity contribution in [2.75, 3.05) is 13.6 Å². The van der Waals surface area contributed by atoms with Gasteiger partial charge in [-0.2, -0.15) is 4.31 Å². The van der Waals surface area contributed by atoms with Gasteiger partial charge < -0.3 is 5.73 Å². The molecule has 4 nitrogen and oxygen atoms in total. The molecule has 1 rings (SSSR count). The largest absolute Gasteiger partial charge is 0.329 e. The van der Waals surface area contributed by atoms with E-state index in [2.05, 4.69) is 0 Å². The predicted octanol–water partition coefficient (Wildman–Crippen LogP) is 2.38. The van der Waals surface area contributed by atoms with Crippen LogP contribution in [-0.4, -0.2) is 32.4 Å². The van der Waals surface area contributed by atoms with Crippen molar-refractivity contribution in [1.29, 1.82) is 0 Å². The molecule has 1 aromatic carbocycles. The van der Waals surface area contributed by atoms with Gasteiger partial charge in [0, 0.05) is 29.7 Å². The van der Waals surface area contributed by atoms with Crippen LogP contribution in [-0.2, 0) is 10.0 Å². The third kappa shape index (κ3) is 3.98. The molecule has 0 bridgehead atoms.